The molecule has 0 fully saturated rings. The lowest BCUT2D eigenvalue weighted by atomic mass is 10.3. The van der Waals surface area contributed by atoms with Crippen LogP contribution in [0.5, 0.6) is 0 Å². The molecule has 2 amide bonds. The first kappa shape index (κ1) is 39.2. The third-order valence-corrected chi connectivity index (χ3v) is 13.1. The van der Waals surface area contributed by atoms with Gasteiger partial charge in [-0.25, -0.2) is 4.79 Å². The van der Waals surface area contributed by atoms with Gasteiger partial charge in [0, 0.05) is 31.0 Å². The van der Waals surface area contributed by atoms with E-state index in [1.54, 1.807) is 0 Å². The van der Waals surface area contributed by atoms with Crippen molar-refractivity contribution < 1.29 is 42.1 Å². The lowest BCUT2D eigenvalue weighted by molar-refractivity contribution is -0.121. The molecule has 41 heavy (non-hydrogen) atoms. The van der Waals surface area contributed by atoms with Crippen molar-refractivity contribution in [3.05, 3.63) is 10.4 Å². The van der Waals surface area contributed by atoms with Crippen LogP contribution in [-0.2, 0) is 37.3 Å². The highest BCUT2D eigenvalue weighted by Gasteiger charge is 2.32. The number of nitrogens with zero attached hydrogens (tertiary/aromatic N) is 3. The lowest BCUT2D eigenvalue weighted by Crippen LogP contribution is -2.44. The van der Waals surface area contributed by atoms with Crippen LogP contribution in [0.2, 0.25) is 38.3 Å². The zero-order chi connectivity index (χ0) is 30.7. The van der Waals surface area contributed by atoms with Crippen molar-refractivity contribution in [2.24, 2.45) is 5.11 Å². The van der Waals surface area contributed by atoms with Gasteiger partial charge in [0.25, 0.3) is 0 Å². The number of nitrogens with one attached hydrogen (secondary N) is 2. The third-order valence-electron chi connectivity index (χ3n) is 5.60. The van der Waals surface area contributed by atoms with Crippen LogP contribution >= 0.6 is 0 Å². The first-order valence-electron chi connectivity index (χ1n) is 14.3. The molecule has 14 nitrogen and oxygen atoms in total. The monoisotopic (exact) mass is 623 g/mol. The predicted octanol–water partition coefficient (Wildman–Crippen LogP) is 3.45. The quantitative estimate of drug-likeness (QED) is 0.0435. The number of ether oxygens (including phenoxy) is 6. The molecular formula is C25H53N5O9Si2. The molecule has 0 aromatic carbocycles. The molecule has 0 atom stereocenters. The molecule has 0 aliphatic heterocycles. The second kappa shape index (κ2) is 25.9. The molecule has 0 aliphatic carbocycles. The summed E-state index contributed by atoms with van der Waals surface area (Å²) in [6.45, 7) is 14.8. The number of carbonyl (C=O) groups excluding carboxylic acids is 2. The van der Waals surface area contributed by atoms with Crippen LogP contribution < -0.4 is 10.6 Å². The Morgan fingerprint density at radius 1 is 0.707 bits per heavy atom. The number of amides is 2. The van der Waals surface area contributed by atoms with Crippen LogP contribution in [0.3, 0.4) is 0 Å². The first-order chi connectivity index (χ1) is 19.6. The molecule has 0 bridgehead atoms. The average Bonchev–Trinajstić information content (AvgIpc) is 2.91. The fourth-order valence-corrected chi connectivity index (χ4v) is 12.6. The van der Waals surface area contributed by atoms with E-state index in [0.29, 0.717) is 92.1 Å². The van der Waals surface area contributed by atoms with Crippen LogP contribution in [0.25, 0.3) is 10.4 Å². The smallest absolute Gasteiger partial charge is 0.406 e. The van der Waals surface area contributed by atoms with E-state index >= 15 is 0 Å². The second-order valence-electron chi connectivity index (χ2n) is 10.4. The Bertz CT molecular complexity index is 730. The normalized spacial score (nSPS) is 11.6. The van der Waals surface area contributed by atoms with Gasteiger partial charge in [-0.1, -0.05) is 5.11 Å². The zero-order valence-corrected chi connectivity index (χ0v) is 27.7. The highest BCUT2D eigenvalue weighted by molar-refractivity contribution is 6.84. The minimum Gasteiger partial charge on any atom is -0.455 e. The summed E-state index contributed by atoms with van der Waals surface area (Å²) in [5.74, 6) is 0.0269. The lowest BCUT2D eigenvalue weighted by Gasteiger charge is -2.34. The van der Waals surface area contributed by atoms with Crippen LogP contribution in [-0.4, -0.2) is 121 Å². The van der Waals surface area contributed by atoms with Gasteiger partial charge in [-0.3, -0.25) is 4.79 Å². The summed E-state index contributed by atoms with van der Waals surface area (Å²) in [4.78, 5) is 25.9. The van der Waals surface area contributed by atoms with Crippen molar-refractivity contribution in [3.8, 4) is 0 Å². The van der Waals surface area contributed by atoms with Crippen molar-refractivity contribution >= 4 is 28.6 Å². The largest absolute Gasteiger partial charge is 0.455 e. The Hall–Kier alpha value is -1.76. The number of rotatable bonds is 28. The fourth-order valence-electron chi connectivity index (χ4n) is 3.78. The Labute approximate surface area is 247 Å². The highest BCUT2D eigenvalue weighted by atomic mass is 28.4. The van der Waals surface area contributed by atoms with Crippen molar-refractivity contribution in [2.45, 2.75) is 57.5 Å². The van der Waals surface area contributed by atoms with Gasteiger partial charge in [0.05, 0.1) is 73.2 Å². The third kappa shape index (κ3) is 28.2. The molecule has 0 rings (SSSR count). The number of azide groups is 1. The fraction of sp³-hybridized carbons (Fsp3) is 0.920. The van der Waals surface area contributed by atoms with E-state index in [1.807, 2.05) is 0 Å². The minimum atomic E-state index is -1.87. The van der Waals surface area contributed by atoms with E-state index < -0.39 is 22.7 Å². The molecule has 0 saturated carbocycles. The van der Waals surface area contributed by atoms with E-state index in [-0.39, 0.29) is 5.91 Å². The Morgan fingerprint density at radius 2 is 1.20 bits per heavy atom. The van der Waals surface area contributed by atoms with Crippen LogP contribution in [0.15, 0.2) is 5.11 Å². The molecule has 0 aromatic heterocycles. The Balaban J connectivity index is 3.57. The number of hydrogen-bond donors (Lipinski definition) is 2. The number of methoxy groups -OCH3 is 1. The van der Waals surface area contributed by atoms with E-state index in [4.69, 9.17) is 33.3 Å². The van der Waals surface area contributed by atoms with Gasteiger partial charge in [0.2, 0.25) is 5.91 Å². The van der Waals surface area contributed by atoms with Crippen LogP contribution in [0.4, 0.5) is 4.79 Å². The van der Waals surface area contributed by atoms with Gasteiger partial charge in [0.1, 0.15) is 0 Å². The Morgan fingerprint density at radius 3 is 1.71 bits per heavy atom. The summed E-state index contributed by atoms with van der Waals surface area (Å²) >= 11 is 0. The molecule has 0 radical (unpaired) electrons. The van der Waals surface area contributed by atoms with Crippen molar-refractivity contribution in [3.63, 3.8) is 0 Å². The van der Waals surface area contributed by atoms with Crippen molar-refractivity contribution in [1.82, 2.24) is 10.6 Å². The maximum absolute atomic E-state index is 12.2. The minimum absolute atomic E-state index is 0.0269. The molecule has 0 saturated heterocycles. The van der Waals surface area contributed by atoms with E-state index in [9.17, 15) is 9.59 Å². The molecule has 0 unspecified atom stereocenters. The number of alkyl carbamates (subject to hydrolysis) is 1. The summed E-state index contributed by atoms with van der Waals surface area (Å²) in [6.07, 6.45) is 1.74. The maximum atomic E-state index is 12.2. The van der Waals surface area contributed by atoms with Crippen LogP contribution in [0.1, 0.15) is 19.3 Å². The van der Waals surface area contributed by atoms with Crippen molar-refractivity contribution in [1.29, 1.82) is 0 Å². The standard InChI is InChI=1S/C25H53N5O9Si2/c1-33-25(32)28-9-7-23-41(4,5)39-40(2,3)22-6-8-24(31)27-10-12-34-14-16-36-18-20-38-21-19-37-17-15-35-13-11-29-30-26/h6-23H2,1-5H3,(H,27,31)(H,28,32). The average molecular weight is 624 g/mol. The molecule has 0 heterocycles. The SMILES string of the molecule is COC(=O)NCCC[Si](C)(C)O[Si](C)(C)CCCC(=O)NCCOCCOCCOCCOCCOCCN=[N+]=[N-]. The van der Waals surface area contributed by atoms with Gasteiger partial charge < -0.3 is 43.2 Å². The first-order valence-corrected chi connectivity index (χ1v) is 20.5. The van der Waals surface area contributed by atoms with Crippen LogP contribution in [0, 0.1) is 0 Å². The van der Waals surface area contributed by atoms with Gasteiger partial charge in [-0.15, -0.1) is 0 Å². The van der Waals surface area contributed by atoms with E-state index in [2.05, 4.69) is 51.6 Å². The second-order valence-corrected chi connectivity index (χ2v) is 19.2. The molecule has 2 N–H and O–H groups in total. The van der Waals surface area contributed by atoms with Crippen molar-refractivity contribution in [2.75, 3.05) is 92.8 Å². The summed E-state index contributed by atoms with van der Waals surface area (Å²) < 4.78 is 38.1. The summed E-state index contributed by atoms with van der Waals surface area (Å²) in [6, 6.07) is 1.89. The highest BCUT2D eigenvalue weighted by Crippen LogP contribution is 2.24. The maximum Gasteiger partial charge on any atom is 0.406 e. The zero-order valence-electron chi connectivity index (χ0n) is 25.7. The molecule has 0 aromatic rings. The van der Waals surface area contributed by atoms with Gasteiger partial charge in [-0.05, 0) is 56.6 Å². The van der Waals surface area contributed by atoms with Gasteiger partial charge >= 0.3 is 6.09 Å². The summed E-state index contributed by atoms with van der Waals surface area (Å²) in [5.41, 5.74) is 8.14. The summed E-state index contributed by atoms with van der Waals surface area (Å²) in [7, 11) is -2.36. The Kier molecular flexibility index (Phi) is 24.8. The van der Waals surface area contributed by atoms with Gasteiger partial charge in [-0.2, -0.15) is 0 Å². The topological polar surface area (TPSA) is 172 Å². The molecule has 16 heteroatoms. The molecule has 240 valence electrons. The van der Waals surface area contributed by atoms with Gasteiger partial charge in [0.15, 0.2) is 16.6 Å². The summed E-state index contributed by atoms with van der Waals surface area (Å²) in [5, 5.41) is 8.97. The van der Waals surface area contributed by atoms with E-state index in [1.165, 1.54) is 7.11 Å². The molecular weight excluding hydrogens is 570 g/mol. The van der Waals surface area contributed by atoms with E-state index in [0.717, 1.165) is 24.9 Å². The molecule has 0 spiro atoms. The number of hydrogen-bond acceptors (Lipinski definition) is 10. The number of carbonyl (C=O) groups is 2. The molecule has 0 aliphatic rings. The predicted molar refractivity (Wildman–Crippen MR) is 161 cm³/mol.